The zero-order valence-electron chi connectivity index (χ0n) is 12.0. The van der Waals surface area contributed by atoms with Crippen LogP contribution in [0.4, 0.5) is 0 Å². The lowest BCUT2D eigenvalue weighted by atomic mass is 9.96. The third-order valence-corrected chi connectivity index (χ3v) is 4.49. The van der Waals surface area contributed by atoms with Crippen molar-refractivity contribution < 1.29 is 5.11 Å². The van der Waals surface area contributed by atoms with E-state index in [-0.39, 0.29) is 0 Å². The highest BCUT2D eigenvalue weighted by molar-refractivity contribution is 5.14. The van der Waals surface area contributed by atoms with Gasteiger partial charge in [0.05, 0.1) is 0 Å². The van der Waals surface area contributed by atoms with Gasteiger partial charge in [0.15, 0.2) is 0 Å². The SMILES string of the molecule is CC(CCc1ccccc1)NCC1CCCC1CO. The lowest BCUT2D eigenvalue weighted by Crippen LogP contribution is -2.33. The summed E-state index contributed by atoms with van der Waals surface area (Å²) in [6, 6.07) is 11.2. The molecule has 1 aliphatic rings. The molecule has 2 heteroatoms. The Balaban J connectivity index is 1.66. The van der Waals surface area contributed by atoms with Crippen LogP contribution in [0.1, 0.15) is 38.2 Å². The van der Waals surface area contributed by atoms with Gasteiger partial charge in [-0.2, -0.15) is 0 Å². The van der Waals surface area contributed by atoms with Crippen molar-refractivity contribution in [2.75, 3.05) is 13.2 Å². The van der Waals surface area contributed by atoms with Gasteiger partial charge in [0.25, 0.3) is 0 Å². The molecule has 0 saturated heterocycles. The van der Waals surface area contributed by atoms with Crippen LogP contribution in [0.2, 0.25) is 0 Å². The van der Waals surface area contributed by atoms with E-state index in [1.165, 1.54) is 31.2 Å². The monoisotopic (exact) mass is 261 g/mol. The average Bonchev–Trinajstić information content (AvgIpc) is 2.91. The van der Waals surface area contributed by atoms with Crippen LogP contribution in [0.3, 0.4) is 0 Å². The van der Waals surface area contributed by atoms with Gasteiger partial charge in [-0.25, -0.2) is 0 Å². The van der Waals surface area contributed by atoms with E-state index in [0.29, 0.717) is 24.5 Å². The van der Waals surface area contributed by atoms with Gasteiger partial charge in [-0.1, -0.05) is 36.8 Å². The van der Waals surface area contributed by atoms with Gasteiger partial charge in [0, 0.05) is 12.6 Å². The minimum absolute atomic E-state index is 0.366. The molecule has 2 rings (SSSR count). The summed E-state index contributed by atoms with van der Waals surface area (Å²) in [5.41, 5.74) is 1.42. The van der Waals surface area contributed by atoms with Crippen LogP contribution in [-0.4, -0.2) is 24.3 Å². The molecular weight excluding hydrogens is 234 g/mol. The van der Waals surface area contributed by atoms with Crippen molar-refractivity contribution in [3.8, 4) is 0 Å². The minimum Gasteiger partial charge on any atom is -0.396 e. The van der Waals surface area contributed by atoms with Gasteiger partial charge < -0.3 is 10.4 Å². The predicted octanol–water partition coefficient (Wildman–Crippen LogP) is 3.01. The molecule has 1 fully saturated rings. The molecule has 0 radical (unpaired) electrons. The van der Waals surface area contributed by atoms with Gasteiger partial charge in [0.1, 0.15) is 0 Å². The van der Waals surface area contributed by atoms with E-state index in [9.17, 15) is 5.11 Å². The highest BCUT2D eigenvalue weighted by Gasteiger charge is 2.26. The van der Waals surface area contributed by atoms with Gasteiger partial charge in [-0.05, 0) is 56.6 Å². The maximum atomic E-state index is 9.33. The fourth-order valence-corrected chi connectivity index (χ4v) is 3.11. The second kappa shape index (κ2) is 7.66. The van der Waals surface area contributed by atoms with Crippen LogP contribution < -0.4 is 5.32 Å². The average molecular weight is 261 g/mol. The molecule has 3 atom stereocenters. The minimum atomic E-state index is 0.366. The van der Waals surface area contributed by atoms with E-state index < -0.39 is 0 Å². The van der Waals surface area contributed by atoms with Crippen molar-refractivity contribution in [3.05, 3.63) is 35.9 Å². The maximum Gasteiger partial charge on any atom is 0.0462 e. The second-order valence-electron chi connectivity index (χ2n) is 5.97. The van der Waals surface area contributed by atoms with Crippen LogP contribution in [0, 0.1) is 11.8 Å². The molecule has 0 aliphatic heterocycles. The first-order valence-electron chi connectivity index (χ1n) is 7.67. The van der Waals surface area contributed by atoms with Gasteiger partial charge in [-0.15, -0.1) is 0 Å². The molecule has 19 heavy (non-hydrogen) atoms. The Labute approximate surface area is 117 Å². The number of aliphatic hydroxyl groups excluding tert-OH is 1. The highest BCUT2D eigenvalue weighted by atomic mass is 16.3. The number of nitrogens with one attached hydrogen (secondary N) is 1. The summed E-state index contributed by atoms with van der Waals surface area (Å²) in [7, 11) is 0. The summed E-state index contributed by atoms with van der Waals surface area (Å²) in [5.74, 6) is 1.22. The first kappa shape index (κ1) is 14.5. The number of aliphatic hydroxyl groups is 1. The molecule has 2 N–H and O–H groups in total. The Kier molecular flexibility index (Phi) is 5.87. The fraction of sp³-hybridized carbons (Fsp3) is 0.647. The molecule has 0 bridgehead atoms. The summed E-state index contributed by atoms with van der Waals surface area (Å²) in [6.07, 6.45) is 6.10. The summed E-state index contributed by atoms with van der Waals surface area (Å²) in [5, 5.41) is 13.0. The molecule has 106 valence electrons. The first-order valence-corrected chi connectivity index (χ1v) is 7.67. The molecule has 1 aromatic carbocycles. The molecule has 0 spiro atoms. The number of aryl methyl sites for hydroxylation is 1. The summed E-state index contributed by atoms with van der Waals surface area (Å²) in [6.45, 7) is 3.71. The van der Waals surface area contributed by atoms with Crippen LogP contribution in [0.15, 0.2) is 30.3 Å². The first-order chi connectivity index (χ1) is 9.29. The van der Waals surface area contributed by atoms with E-state index in [0.717, 1.165) is 13.0 Å². The second-order valence-corrected chi connectivity index (χ2v) is 5.97. The molecule has 1 aliphatic carbocycles. The van der Waals surface area contributed by atoms with E-state index in [2.05, 4.69) is 42.6 Å². The van der Waals surface area contributed by atoms with Crippen LogP contribution >= 0.6 is 0 Å². The van der Waals surface area contributed by atoms with Crippen molar-refractivity contribution >= 4 is 0 Å². The van der Waals surface area contributed by atoms with E-state index >= 15 is 0 Å². The zero-order chi connectivity index (χ0) is 13.5. The smallest absolute Gasteiger partial charge is 0.0462 e. The third-order valence-electron chi connectivity index (χ3n) is 4.49. The van der Waals surface area contributed by atoms with Crippen molar-refractivity contribution in [1.82, 2.24) is 5.32 Å². The number of benzene rings is 1. The van der Waals surface area contributed by atoms with Gasteiger partial charge in [-0.3, -0.25) is 0 Å². The van der Waals surface area contributed by atoms with Crippen molar-refractivity contribution in [1.29, 1.82) is 0 Å². The van der Waals surface area contributed by atoms with E-state index in [4.69, 9.17) is 0 Å². The van der Waals surface area contributed by atoms with Crippen molar-refractivity contribution in [2.45, 2.75) is 45.1 Å². The largest absolute Gasteiger partial charge is 0.396 e. The summed E-state index contributed by atoms with van der Waals surface area (Å²) < 4.78 is 0. The molecule has 1 aromatic rings. The third kappa shape index (κ3) is 4.63. The fourth-order valence-electron chi connectivity index (χ4n) is 3.11. The van der Waals surface area contributed by atoms with Gasteiger partial charge >= 0.3 is 0 Å². The van der Waals surface area contributed by atoms with Crippen LogP contribution in [-0.2, 0) is 6.42 Å². The molecule has 3 unspecified atom stereocenters. The number of hydrogen-bond acceptors (Lipinski definition) is 2. The van der Waals surface area contributed by atoms with Crippen molar-refractivity contribution in [3.63, 3.8) is 0 Å². The van der Waals surface area contributed by atoms with E-state index in [1.807, 2.05) is 0 Å². The van der Waals surface area contributed by atoms with E-state index in [1.54, 1.807) is 0 Å². The molecular formula is C17H27NO. The predicted molar refractivity (Wildman–Crippen MR) is 80.1 cm³/mol. The number of rotatable bonds is 7. The molecule has 1 saturated carbocycles. The molecule has 0 heterocycles. The molecule has 0 amide bonds. The lowest BCUT2D eigenvalue weighted by molar-refractivity contribution is 0.190. The highest BCUT2D eigenvalue weighted by Crippen LogP contribution is 2.30. The van der Waals surface area contributed by atoms with Crippen LogP contribution in [0.5, 0.6) is 0 Å². The normalized spacial score (nSPS) is 24.5. The Hall–Kier alpha value is -0.860. The Bertz CT molecular complexity index is 352. The number of hydrogen-bond donors (Lipinski definition) is 2. The quantitative estimate of drug-likeness (QED) is 0.791. The zero-order valence-corrected chi connectivity index (χ0v) is 12.0. The Morgan fingerprint density at radius 3 is 2.68 bits per heavy atom. The lowest BCUT2D eigenvalue weighted by Gasteiger charge is -2.21. The molecule has 2 nitrogen and oxygen atoms in total. The molecule has 0 aromatic heterocycles. The standard InChI is InChI=1S/C17H27NO/c1-14(10-11-15-6-3-2-4-7-15)18-12-16-8-5-9-17(16)13-19/h2-4,6-7,14,16-19H,5,8-13H2,1H3. The van der Waals surface area contributed by atoms with Gasteiger partial charge in [0.2, 0.25) is 0 Å². The maximum absolute atomic E-state index is 9.33. The summed E-state index contributed by atoms with van der Waals surface area (Å²) >= 11 is 0. The van der Waals surface area contributed by atoms with Crippen molar-refractivity contribution in [2.24, 2.45) is 11.8 Å². The Morgan fingerprint density at radius 2 is 1.95 bits per heavy atom. The topological polar surface area (TPSA) is 32.3 Å². The van der Waals surface area contributed by atoms with Crippen LogP contribution in [0.25, 0.3) is 0 Å². The summed E-state index contributed by atoms with van der Waals surface area (Å²) in [4.78, 5) is 0. The Morgan fingerprint density at radius 1 is 1.21 bits per heavy atom.